The maximum Gasteiger partial charge on any atom is 0.163 e. The number of ether oxygens (including phenoxy) is 4. The van der Waals surface area contributed by atoms with E-state index in [0.29, 0.717) is 102 Å². The lowest BCUT2D eigenvalue weighted by molar-refractivity contribution is -0.120. The molecule has 0 saturated heterocycles. The molecular formula is C32H45N7O6. The van der Waals surface area contributed by atoms with E-state index in [-0.39, 0.29) is 11.6 Å². The monoisotopic (exact) mass is 623 g/mol. The maximum atomic E-state index is 12.3. The van der Waals surface area contributed by atoms with Crippen molar-refractivity contribution in [1.82, 2.24) is 29.7 Å². The summed E-state index contributed by atoms with van der Waals surface area (Å²) in [7, 11) is 0. The summed E-state index contributed by atoms with van der Waals surface area (Å²) in [6.07, 6.45) is 10.5. The molecule has 4 aromatic heterocycles. The van der Waals surface area contributed by atoms with Gasteiger partial charge in [-0.3, -0.25) is 9.59 Å². The Kier molecular flexibility index (Phi) is 14.3. The van der Waals surface area contributed by atoms with Crippen LogP contribution in [0.2, 0.25) is 0 Å². The van der Waals surface area contributed by atoms with E-state index in [2.05, 4.69) is 19.9 Å². The number of nitrogens with zero attached hydrogens (tertiary/aromatic N) is 5. The number of rotatable bonds is 24. The number of nitrogens with one attached hydrogen (secondary N) is 1. The second-order valence-electron chi connectivity index (χ2n) is 10.7. The van der Waals surface area contributed by atoms with Gasteiger partial charge >= 0.3 is 0 Å². The number of aryl methyl sites for hydroxylation is 1. The Labute approximate surface area is 263 Å². The molecule has 0 aromatic carbocycles. The average Bonchev–Trinajstić information content (AvgIpc) is 3.67. The van der Waals surface area contributed by atoms with E-state index in [0.717, 1.165) is 47.7 Å². The predicted octanol–water partition coefficient (Wildman–Crippen LogP) is 4.30. The van der Waals surface area contributed by atoms with Crippen LogP contribution in [0.15, 0.2) is 30.9 Å². The van der Waals surface area contributed by atoms with Crippen LogP contribution in [0, 0.1) is 0 Å². The number of ketones is 2. The Hall–Kier alpha value is -3.78. The molecule has 0 aliphatic rings. The standard InChI is InChI=1S/C32H45N7O6/c1-2-26(40)8-6-13-42-15-17-44-19-20-45-18-16-43-14-10-27(41)7-4-3-5-12-39-32-28(30(33)36-23-37-32)29(38-39)25-21-24-9-11-34-31(24)35-22-25/h9,11,21-23H,2-8,10,12-20H2,1H3,(H,34,35)(H2,33,36,37). The van der Waals surface area contributed by atoms with Gasteiger partial charge in [-0.1, -0.05) is 13.3 Å². The first kappa shape index (κ1) is 34.1. The first-order valence-corrected chi connectivity index (χ1v) is 15.8. The number of fused-ring (bicyclic) bond motifs is 2. The minimum Gasteiger partial charge on any atom is -0.383 e. The SMILES string of the molecule is CCC(=O)CCCOCCOCCOCCOCCC(=O)CCCCCn1nc(-c2cnc3[nH]ccc3c2)c2c(N)ncnc21. The van der Waals surface area contributed by atoms with Gasteiger partial charge in [-0.2, -0.15) is 5.10 Å². The van der Waals surface area contributed by atoms with E-state index in [1.807, 2.05) is 29.9 Å². The van der Waals surface area contributed by atoms with Crippen LogP contribution in [0.5, 0.6) is 0 Å². The van der Waals surface area contributed by atoms with Crippen LogP contribution in [0.1, 0.15) is 58.3 Å². The zero-order valence-electron chi connectivity index (χ0n) is 26.2. The predicted molar refractivity (Wildman–Crippen MR) is 171 cm³/mol. The lowest BCUT2D eigenvalue weighted by atomic mass is 10.1. The van der Waals surface area contributed by atoms with Gasteiger partial charge in [0, 0.05) is 62.2 Å². The number of pyridine rings is 1. The summed E-state index contributed by atoms with van der Waals surface area (Å²) in [6, 6.07) is 3.99. The fourth-order valence-electron chi connectivity index (χ4n) is 4.84. The Morgan fingerprint density at radius 2 is 1.53 bits per heavy atom. The first-order valence-electron chi connectivity index (χ1n) is 15.8. The van der Waals surface area contributed by atoms with Crippen molar-refractivity contribution < 1.29 is 28.5 Å². The number of aromatic nitrogens is 6. The molecule has 13 nitrogen and oxygen atoms in total. The van der Waals surface area contributed by atoms with Crippen molar-refractivity contribution in [3.63, 3.8) is 0 Å². The molecule has 0 amide bonds. The highest BCUT2D eigenvalue weighted by Gasteiger charge is 2.17. The Balaban J connectivity index is 1.02. The van der Waals surface area contributed by atoms with Crippen molar-refractivity contribution in [1.29, 1.82) is 0 Å². The van der Waals surface area contributed by atoms with Crippen molar-refractivity contribution in [3.05, 3.63) is 30.9 Å². The number of H-pyrrole nitrogens is 1. The van der Waals surface area contributed by atoms with Gasteiger partial charge in [-0.05, 0) is 31.4 Å². The molecule has 0 aliphatic carbocycles. The van der Waals surface area contributed by atoms with Crippen molar-refractivity contribution >= 4 is 39.5 Å². The van der Waals surface area contributed by atoms with Gasteiger partial charge in [0.15, 0.2) is 5.65 Å². The molecule has 0 fully saturated rings. The third kappa shape index (κ3) is 11.0. The van der Waals surface area contributed by atoms with Gasteiger partial charge in [0.2, 0.25) is 0 Å². The van der Waals surface area contributed by atoms with Crippen LogP contribution in [0.3, 0.4) is 0 Å². The summed E-state index contributed by atoms with van der Waals surface area (Å²) in [4.78, 5) is 39.7. The molecule has 0 spiro atoms. The van der Waals surface area contributed by atoms with Gasteiger partial charge in [0.1, 0.15) is 35.1 Å². The number of hydrogen-bond acceptors (Lipinski definition) is 11. The lowest BCUT2D eigenvalue weighted by Crippen LogP contribution is -2.13. The quantitative estimate of drug-likeness (QED) is 0.107. The number of nitrogens with two attached hydrogens (primary N) is 1. The Bertz CT molecular complexity index is 1490. The second kappa shape index (κ2) is 18.9. The summed E-state index contributed by atoms with van der Waals surface area (Å²) in [6.45, 7) is 6.37. The molecule has 0 radical (unpaired) electrons. The highest BCUT2D eigenvalue weighted by Crippen LogP contribution is 2.31. The van der Waals surface area contributed by atoms with Crippen LogP contribution < -0.4 is 5.73 Å². The van der Waals surface area contributed by atoms with Crippen LogP contribution in [0.4, 0.5) is 5.82 Å². The van der Waals surface area contributed by atoms with E-state index in [1.54, 1.807) is 6.20 Å². The topological polar surface area (TPSA) is 169 Å². The second-order valence-corrected chi connectivity index (χ2v) is 10.7. The van der Waals surface area contributed by atoms with Crippen molar-refractivity contribution in [3.8, 4) is 11.3 Å². The number of anilines is 1. The molecule has 45 heavy (non-hydrogen) atoms. The summed E-state index contributed by atoms with van der Waals surface area (Å²) in [5.74, 6) is 0.850. The van der Waals surface area contributed by atoms with Crippen LogP contribution in [-0.2, 0) is 35.1 Å². The minimum absolute atomic E-state index is 0.198. The molecule has 0 saturated carbocycles. The number of carbonyl (C=O) groups excluding carboxylic acids is 2. The molecular weight excluding hydrogens is 578 g/mol. The third-order valence-corrected chi connectivity index (χ3v) is 7.34. The number of aromatic amines is 1. The number of unbranched alkanes of at least 4 members (excludes halogenated alkanes) is 2. The van der Waals surface area contributed by atoms with Crippen LogP contribution in [0.25, 0.3) is 33.3 Å². The molecule has 4 rings (SSSR count). The number of carbonyl (C=O) groups is 2. The zero-order valence-corrected chi connectivity index (χ0v) is 26.2. The molecule has 4 heterocycles. The largest absolute Gasteiger partial charge is 0.383 e. The third-order valence-electron chi connectivity index (χ3n) is 7.34. The van der Waals surface area contributed by atoms with Gasteiger partial charge in [-0.25, -0.2) is 19.6 Å². The molecule has 0 aliphatic heterocycles. The average molecular weight is 624 g/mol. The molecule has 244 valence electrons. The van der Waals surface area contributed by atoms with Crippen LogP contribution >= 0.6 is 0 Å². The molecule has 4 aromatic rings. The van der Waals surface area contributed by atoms with Gasteiger partial charge in [-0.15, -0.1) is 0 Å². The van der Waals surface area contributed by atoms with E-state index < -0.39 is 0 Å². The van der Waals surface area contributed by atoms with Gasteiger partial charge in [0.25, 0.3) is 0 Å². The van der Waals surface area contributed by atoms with Gasteiger partial charge in [0.05, 0.1) is 51.6 Å². The highest BCUT2D eigenvalue weighted by atomic mass is 16.6. The maximum absolute atomic E-state index is 12.3. The molecule has 13 heteroatoms. The summed E-state index contributed by atoms with van der Waals surface area (Å²) in [5.41, 5.74) is 9.30. The van der Waals surface area contributed by atoms with Crippen LogP contribution in [-0.4, -0.2) is 94.1 Å². The zero-order chi connectivity index (χ0) is 31.7. The smallest absolute Gasteiger partial charge is 0.163 e. The fourth-order valence-corrected chi connectivity index (χ4v) is 4.84. The molecule has 0 unspecified atom stereocenters. The molecule has 3 N–H and O–H groups in total. The molecule has 0 bridgehead atoms. The van der Waals surface area contributed by atoms with E-state index in [1.165, 1.54) is 6.33 Å². The normalized spacial score (nSPS) is 11.6. The minimum atomic E-state index is 0.198. The summed E-state index contributed by atoms with van der Waals surface area (Å²) >= 11 is 0. The van der Waals surface area contributed by atoms with E-state index >= 15 is 0 Å². The van der Waals surface area contributed by atoms with E-state index in [4.69, 9.17) is 29.8 Å². The number of hydrogen-bond donors (Lipinski definition) is 2. The van der Waals surface area contributed by atoms with Crippen molar-refractivity contribution in [2.24, 2.45) is 0 Å². The summed E-state index contributed by atoms with van der Waals surface area (Å²) in [5, 5.41) is 6.53. The van der Waals surface area contributed by atoms with E-state index in [9.17, 15) is 9.59 Å². The van der Waals surface area contributed by atoms with Crippen molar-refractivity contribution in [2.45, 2.75) is 64.8 Å². The molecule has 0 atom stereocenters. The lowest BCUT2D eigenvalue weighted by Gasteiger charge is -2.07. The number of nitrogen functional groups attached to an aromatic ring is 1. The number of Topliss-reactive ketones (excluding diaryl/α,β-unsaturated/α-hetero) is 2. The first-order chi connectivity index (χ1) is 22.1. The summed E-state index contributed by atoms with van der Waals surface area (Å²) < 4.78 is 23.8. The van der Waals surface area contributed by atoms with Gasteiger partial charge < -0.3 is 29.7 Å². The Morgan fingerprint density at radius 3 is 2.29 bits per heavy atom. The fraction of sp³-hybridized carbons (Fsp3) is 0.562. The van der Waals surface area contributed by atoms with Crippen molar-refractivity contribution in [2.75, 3.05) is 58.6 Å². The highest BCUT2D eigenvalue weighted by molar-refractivity contribution is 5.99. The Morgan fingerprint density at radius 1 is 0.822 bits per heavy atom.